The molecule has 9 nitrogen and oxygen atoms in total. The summed E-state index contributed by atoms with van der Waals surface area (Å²) in [4.78, 5) is 53.6. The second-order valence-electron chi connectivity index (χ2n) is 8.76. The Kier molecular flexibility index (Phi) is 8.95. The lowest BCUT2D eigenvalue weighted by molar-refractivity contribution is -0.125. The number of nitrogens with one attached hydrogen (secondary N) is 2. The fourth-order valence-electron chi connectivity index (χ4n) is 3.35. The van der Waals surface area contributed by atoms with Crippen LogP contribution < -0.4 is 27.2 Å². The van der Waals surface area contributed by atoms with Crippen LogP contribution in [0.5, 0.6) is 0 Å². The van der Waals surface area contributed by atoms with Crippen LogP contribution in [0.1, 0.15) is 46.1 Å². The topological polar surface area (TPSA) is 130 Å². The molecule has 180 valence electrons. The van der Waals surface area contributed by atoms with E-state index in [0.717, 1.165) is 0 Å². The molecule has 0 bridgehead atoms. The summed E-state index contributed by atoms with van der Waals surface area (Å²) in [6, 6.07) is 6.08. The molecule has 1 aromatic carbocycles. The first-order valence-electron chi connectivity index (χ1n) is 10.9. The van der Waals surface area contributed by atoms with Gasteiger partial charge in [-0.15, -0.1) is 0 Å². The van der Waals surface area contributed by atoms with Gasteiger partial charge in [-0.25, -0.2) is 9.18 Å². The summed E-state index contributed by atoms with van der Waals surface area (Å²) < 4.78 is 14.9. The number of aromatic amines is 1. The average Bonchev–Trinajstić information content (AvgIpc) is 2.73. The number of hydrogen-bond donors (Lipinski definition) is 3. The molecule has 0 saturated carbocycles. The van der Waals surface area contributed by atoms with Crippen LogP contribution in [0.4, 0.5) is 15.9 Å². The van der Waals surface area contributed by atoms with E-state index in [1.165, 1.54) is 15.5 Å². The summed E-state index contributed by atoms with van der Waals surface area (Å²) in [7, 11) is 0. The first kappa shape index (κ1) is 25.8. The van der Waals surface area contributed by atoms with Gasteiger partial charge >= 0.3 is 5.69 Å². The minimum atomic E-state index is -0.754. The Labute approximate surface area is 191 Å². The third-order valence-corrected chi connectivity index (χ3v) is 4.88. The number of carbonyl (C=O) groups excluding carboxylic acids is 2. The molecule has 0 radical (unpaired) electrons. The summed E-state index contributed by atoms with van der Waals surface area (Å²) >= 11 is 0. The second kappa shape index (κ2) is 11.4. The molecular formula is C23H32FN5O4. The van der Waals surface area contributed by atoms with Gasteiger partial charge < -0.3 is 16.0 Å². The van der Waals surface area contributed by atoms with Crippen molar-refractivity contribution < 1.29 is 14.0 Å². The van der Waals surface area contributed by atoms with Gasteiger partial charge in [-0.3, -0.25) is 23.9 Å². The zero-order valence-electron chi connectivity index (χ0n) is 19.5. The molecule has 0 fully saturated rings. The highest BCUT2D eigenvalue weighted by Crippen LogP contribution is 2.20. The fraction of sp³-hybridized carbons (Fsp3) is 0.478. The van der Waals surface area contributed by atoms with Crippen molar-refractivity contribution in [2.75, 3.05) is 17.2 Å². The highest BCUT2D eigenvalue weighted by atomic mass is 19.1. The molecule has 10 heteroatoms. The van der Waals surface area contributed by atoms with Crippen molar-refractivity contribution in [2.24, 2.45) is 11.8 Å². The largest absolute Gasteiger partial charge is 0.383 e. The zero-order valence-corrected chi connectivity index (χ0v) is 19.5. The van der Waals surface area contributed by atoms with Crippen LogP contribution in [-0.2, 0) is 22.7 Å². The highest BCUT2D eigenvalue weighted by molar-refractivity contribution is 5.97. The molecule has 0 atom stereocenters. The Balaban J connectivity index is 2.19. The molecule has 4 N–H and O–H groups in total. The molecular weight excluding hydrogens is 429 g/mol. The maximum absolute atomic E-state index is 13.7. The number of H-pyrrole nitrogens is 1. The quantitative estimate of drug-likeness (QED) is 0.498. The Morgan fingerprint density at radius 1 is 1.12 bits per heavy atom. The third-order valence-electron chi connectivity index (χ3n) is 4.88. The zero-order chi connectivity index (χ0) is 24.7. The maximum atomic E-state index is 13.7. The minimum absolute atomic E-state index is 0.00217. The van der Waals surface area contributed by atoms with Crippen LogP contribution >= 0.6 is 0 Å². The van der Waals surface area contributed by atoms with Crippen molar-refractivity contribution in [1.29, 1.82) is 0 Å². The number of carbonyl (C=O) groups is 2. The van der Waals surface area contributed by atoms with Crippen molar-refractivity contribution in [1.82, 2.24) is 14.9 Å². The molecule has 0 aliphatic carbocycles. The molecule has 0 aliphatic heterocycles. The molecule has 1 aromatic heterocycles. The molecule has 1 heterocycles. The molecule has 2 aromatic rings. The smallest absolute Gasteiger partial charge is 0.330 e. The van der Waals surface area contributed by atoms with Gasteiger partial charge in [-0.05, 0) is 17.9 Å². The van der Waals surface area contributed by atoms with Gasteiger partial charge in [0, 0.05) is 38.0 Å². The Morgan fingerprint density at radius 3 is 2.39 bits per heavy atom. The van der Waals surface area contributed by atoms with Crippen molar-refractivity contribution in [3.63, 3.8) is 0 Å². The van der Waals surface area contributed by atoms with Gasteiger partial charge in [0.1, 0.15) is 11.6 Å². The summed E-state index contributed by atoms with van der Waals surface area (Å²) in [6.45, 7) is 7.99. The summed E-state index contributed by atoms with van der Waals surface area (Å²) in [5.41, 5.74) is 5.01. The number of hydrogen-bond acceptors (Lipinski definition) is 5. The molecule has 0 saturated heterocycles. The number of nitrogens with zero attached hydrogens (tertiary/aromatic N) is 2. The molecule has 2 amide bonds. The third kappa shape index (κ3) is 7.03. The van der Waals surface area contributed by atoms with E-state index in [4.69, 9.17) is 5.73 Å². The number of nitrogen functional groups attached to an aromatic ring is 1. The number of rotatable bonds is 10. The molecule has 0 spiro atoms. The van der Waals surface area contributed by atoms with Crippen molar-refractivity contribution in [3.8, 4) is 0 Å². The number of benzene rings is 1. The van der Waals surface area contributed by atoms with Gasteiger partial charge in [0.05, 0.1) is 0 Å². The molecule has 33 heavy (non-hydrogen) atoms. The number of anilines is 2. The molecule has 2 rings (SSSR count). The SMILES string of the molecule is CC(C)CN(C(=O)CCC(=O)NCc1ccccc1F)c1c(N)n(CC(C)C)c(=O)[nH]c1=O. The lowest BCUT2D eigenvalue weighted by Gasteiger charge is -2.26. The van der Waals surface area contributed by atoms with Crippen LogP contribution in [0.3, 0.4) is 0 Å². The number of nitrogens with two attached hydrogens (primary N) is 1. The van der Waals surface area contributed by atoms with E-state index in [-0.39, 0.29) is 55.8 Å². The average molecular weight is 462 g/mol. The van der Waals surface area contributed by atoms with Gasteiger partial charge in [0.2, 0.25) is 11.8 Å². The van der Waals surface area contributed by atoms with E-state index < -0.39 is 28.9 Å². The predicted molar refractivity (Wildman–Crippen MR) is 125 cm³/mol. The van der Waals surface area contributed by atoms with Crippen LogP contribution in [0.2, 0.25) is 0 Å². The van der Waals surface area contributed by atoms with Crippen LogP contribution in [-0.4, -0.2) is 27.9 Å². The van der Waals surface area contributed by atoms with Gasteiger partial charge in [0.25, 0.3) is 5.56 Å². The van der Waals surface area contributed by atoms with E-state index in [0.29, 0.717) is 5.56 Å². The number of aromatic nitrogens is 2. The van der Waals surface area contributed by atoms with Gasteiger partial charge in [0.15, 0.2) is 5.69 Å². The van der Waals surface area contributed by atoms with E-state index in [1.54, 1.807) is 18.2 Å². The van der Waals surface area contributed by atoms with Crippen molar-refractivity contribution in [2.45, 2.75) is 53.6 Å². The van der Waals surface area contributed by atoms with Crippen molar-refractivity contribution in [3.05, 3.63) is 56.5 Å². The lowest BCUT2D eigenvalue weighted by atomic mass is 10.1. The lowest BCUT2D eigenvalue weighted by Crippen LogP contribution is -2.43. The van der Waals surface area contributed by atoms with E-state index in [1.807, 2.05) is 27.7 Å². The summed E-state index contributed by atoms with van der Waals surface area (Å²) in [5.74, 6) is -1.35. The van der Waals surface area contributed by atoms with Crippen LogP contribution in [0, 0.1) is 17.7 Å². The van der Waals surface area contributed by atoms with E-state index in [9.17, 15) is 23.6 Å². The Bertz CT molecular complexity index is 1110. The number of amides is 2. The van der Waals surface area contributed by atoms with Crippen LogP contribution in [0.25, 0.3) is 0 Å². The first-order valence-corrected chi connectivity index (χ1v) is 10.9. The highest BCUT2D eigenvalue weighted by Gasteiger charge is 2.25. The molecule has 0 aliphatic rings. The number of halogens is 1. The fourth-order valence-corrected chi connectivity index (χ4v) is 3.35. The standard InChI is InChI=1S/C23H32FN5O4/c1-14(2)12-28(20-21(25)29(13-15(3)4)23(33)27-22(20)32)19(31)10-9-18(30)26-11-16-7-5-6-8-17(16)24/h5-8,14-15H,9-13,25H2,1-4H3,(H,26,30)(H,27,32,33). The van der Waals surface area contributed by atoms with Crippen LogP contribution in [0.15, 0.2) is 33.9 Å². The Morgan fingerprint density at radius 2 is 1.79 bits per heavy atom. The molecule has 0 unspecified atom stereocenters. The second-order valence-corrected chi connectivity index (χ2v) is 8.76. The minimum Gasteiger partial charge on any atom is -0.383 e. The monoisotopic (exact) mass is 461 g/mol. The van der Waals surface area contributed by atoms with Gasteiger partial charge in [-0.1, -0.05) is 45.9 Å². The normalized spacial score (nSPS) is 11.1. The Hall–Kier alpha value is -3.43. The first-order chi connectivity index (χ1) is 15.5. The maximum Gasteiger partial charge on any atom is 0.330 e. The van der Waals surface area contributed by atoms with Crippen molar-refractivity contribution >= 4 is 23.3 Å². The van der Waals surface area contributed by atoms with Gasteiger partial charge in [-0.2, -0.15) is 0 Å². The van der Waals surface area contributed by atoms with E-state index >= 15 is 0 Å². The summed E-state index contributed by atoms with van der Waals surface area (Å²) in [6.07, 6.45) is -0.330. The van der Waals surface area contributed by atoms with E-state index in [2.05, 4.69) is 10.3 Å². The summed E-state index contributed by atoms with van der Waals surface area (Å²) in [5, 5.41) is 2.59. The predicted octanol–water partition coefficient (Wildman–Crippen LogP) is 2.00.